The highest BCUT2D eigenvalue weighted by atomic mass is 32.2. The van der Waals surface area contributed by atoms with Gasteiger partial charge in [0.15, 0.2) is 20.8 Å². The molecule has 1 aliphatic heterocycles. The summed E-state index contributed by atoms with van der Waals surface area (Å²) in [6.45, 7) is 2.02. The lowest BCUT2D eigenvalue weighted by Gasteiger charge is -2.12. The summed E-state index contributed by atoms with van der Waals surface area (Å²) >= 11 is 1.28. The molecule has 3 aromatic rings. The third kappa shape index (κ3) is 4.73. The summed E-state index contributed by atoms with van der Waals surface area (Å²) in [7, 11) is -3.03. The van der Waals surface area contributed by atoms with Gasteiger partial charge in [-0.3, -0.25) is 9.36 Å². The van der Waals surface area contributed by atoms with Gasteiger partial charge in [-0.15, -0.1) is 10.2 Å². The van der Waals surface area contributed by atoms with Gasteiger partial charge in [0.25, 0.3) is 0 Å². The molecular formula is C21H22N4O3S2. The second kappa shape index (κ2) is 8.61. The maximum atomic E-state index is 12.4. The summed E-state index contributed by atoms with van der Waals surface area (Å²) in [5, 5.41) is 12.1. The van der Waals surface area contributed by atoms with Crippen LogP contribution in [0.15, 0.2) is 59.8 Å². The number of amides is 1. The van der Waals surface area contributed by atoms with Crippen LogP contribution >= 0.6 is 11.8 Å². The van der Waals surface area contributed by atoms with E-state index in [1.807, 2.05) is 66.1 Å². The molecule has 0 bridgehead atoms. The quantitative estimate of drug-likeness (QED) is 0.590. The van der Waals surface area contributed by atoms with Crippen molar-refractivity contribution in [3.8, 4) is 17.1 Å². The number of para-hydroxylation sites is 1. The average Bonchev–Trinajstić information content (AvgIpc) is 3.29. The Labute approximate surface area is 179 Å². The molecular weight excluding hydrogens is 420 g/mol. The maximum absolute atomic E-state index is 12.4. The van der Waals surface area contributed by atoms with E-state index in [4.69, 9.17) is 0 Å². The molecule has 0 unspecified atom stereocenters. The first-order chi connectivity index (χ1) is 14.4. The van der Waals surface area contributed by atoms with Gasteiger partial charge in [-0.25, -0.2) is 8.42 Å². The molecule has 1 aromatic heterocycles. The zero-order chi connectivity index (χ0) is 21.1. The largest absolute Gasteiger partial charge is 0.352 e. The second-order valence-electron chi connectivity index (χ2n) is 7.30. The topological polar surface area (TPSA) is 94.0 Å². The van der Waals surface area contributed by atoms with E-state index in [1.165, 1.54) is 11.8 Å². The van der Waals surface area contributed by atoms with E-state index in [9.17, 15) is 13.2 Å². The molecule has 30 heavy (non-hydrogen) atoms. The Balaban J connectivity index is 1.55. The summed E-state index contributed by atoms with van der Waals surface area (Å²) < 4.78 is 25.1. The minimum absolute atomic E-state index is 0.0150. The molecule has 156 valence electrons. The van der Waals surface area contributed by atoms with Crippen molar-refractivity contribution < 1.29 is 13.2 Å². The first-order valence-electron chi connectivity index (χ1n) is 9.62. The zero-order valence-electron chi connectivity index (χ0n) is 16.5. The van der Waals surface area contributed by atoms with Gasteiger partial charge in [-0.1, -0.05) is 53.7 Å². The third-order valence-electron chi connectivity index (χ3n) is 4.85. The molecule has 0 saturated carbocycles. The fraction of sp³-hybridized carbons (Fsp3) is 0.286. The maximum Gasteiger partial charge on any atom is 0.230 e. The molecule has 0 aliphatic carbocycles. The van der Waals surface area contributed by atoms with E-state index >= 15 is 0 Å². The Morgan fingerprint density at radius 2 is 1.97 bits per heavy atom. The van der Waals surface area contributed by atoms with E-state index in [0.29, 0.717) is 17.4 Å². The summed E-state index contributed by atoms with van der Waals surface area (Å²) in [5.74, 6) is 0.778. The molecule has 1 saturated heterocycles. The van der Waals surface area contributed by atoms with Crippen LogP contribution in [0.4, 0.5) is 0 Å². The van der Waals surface area contributed by atoms with Crippen LogP contribution in [0.25, 0.3) is 17.1 Å². The summed E-state index contributed by atoms with van der Waals surface area (Å²) in [5.41, 5.74) is 2.97. The van der Waals surface area contributed by atoms with Crippen molar-refractivity contribution in [2.75, 3.05) is 17.3 Å². The van der Waals surface area contributed by atoms with Crippen LogP contribution in [0.3, 0.4) is 0 Å². The molecule has 1 atom stereocenters. The van der Waals surface area contributed by atoms with E-state index in [0.717, 1.165) is 16.8 Å². The molecule has 1 fully saturated rings. The van der Waals surface area contributed by atoms with Gasteiger partial charge in [0.05, 0.1) is 17.3 Å². The highest BCUT2D eigenvalue weighted by Gasteiger charge is 2.29. The van der Waals surface area contributed by atoms with Gasteiger partial charge in [-0.2, -0.15) is 0 Å². The number of hydrogen-bond acceptors (Lipinski definition) is 6. The second-order valence-corrected chi connectivity index (χ2v) is 10.5. The minimum atomic E-state index is -3.03. The molecule has 0 radical (unpaired) electrons. The van der Waals surface area contributed by atoms with Crippen molar-refractivity contribution in [1.29, 1.82) is 0 Å². The van der Waals surface area contributed by atoms with Crippen molar-refractivity contribution in [2.24, 2.45) is 0 Å². The molecule has 4 rings (SSSR count). The van der Waals surface area contributed by atoms with Crippen LogP contribution in [0, 0.1) is 6.92 Å². The number of hydrogen-bond donors (Lipinski definition) is 1. The Hall–Kier alpha value is -2.65. The van der Waals surface area contributed by atoms with Crippen molar-refractivity contribution in [1.82, 2.24) is 20.1 Å². The monoisotopic (exact) mass is 442 g/mol. The smallest absolute Gasteiger partial charge is 0.230 e. The number of sulfone groups is 1. The predicted molar refractivity (Wildman–Crippen MR) is 117 cm³/mol. The minimum Gasteiger partial charge on any atom is -0.352 e. The summed E-state index contributed by atoms with van der Waals surface area (Å²) in [6, 6.07) is 17.5. The summed E-state index contributed by atoms with van der Waals surface area (Å²) in [4.78, 5) is 12.4. The lowest BCUT2D eigenvalue weighted by Crippen LogP contribution is -2.36. The highest BCUT2D eigenvalue weighted by Crippen LogP contribution is 2.28. The SMILES string of the molecule is Cc1cccc(-c2nnc(SCC(=O)N[C@@H]3CCS(=O)(=O)C3)n2-c2ccccc2)c1. The molecule has 1 amide bonds. The normalized spacial score (nSPS) is 17.7. The average molecular weight is 443 g/mol. The highest BCUT2D eigenvalue weighted by molar-refractivity contribution is 7.99. The molecule has 2 heterocycles. The fourth-order valence-electron chi connectivity index (χ4n) is 3.45. The number of nitrogens with zero attached hydrogens (tertiary/aromatic N) is 3. The number of aryl methyl sites for hydroxylation is 1. The predicted octanol–water partition coefficient (Wildman–Crippen LogP) is 2.64. The first-order valence-corrected chi connectivity index (χ1v) is 12.4. The summed E-state index contributed by atoms with van der Waals surface area (Å²) in [6.07, 6.45) is 0.469. The van der Waals surface area contributed by atoms with E-state index in [2.05, 4.69) is 15.5 Å². The third-order valence-corrected chi connectivity index (χ3v) is 7.55. The molecule has 2 aromatic carbocycles. The molecule has 1 N–H and O–H groups in total. The Morgan fingerprint density at radius 3 is 2.67 bits per heavy atom. The number of thioether (sulfide) groups is 1. The van der Waals surface area contributed by atoms with Gasteiger partial charge in [0.2, 0.25) is 5.91 Å². The zero-order valence-corrected chi connectivity index (χ0v) is 18.1. The molecule has 0 spiro atoms. The first kappa shape index (κ1) is 20.6. The number of carbonyl (C=O) groups excluding carboxylic acids is 1. The Kier molecular flexibility index (Phi) is 5.92. The Bertz CT molecular complexity index is 1160. The molecule has 9 heteroatoms. The van der Waals surface area contributed by atoms with Gasteiger partial charge >= 0.3 is 0 Å². The van der Waals surface area contributed by atoms with Crippen molar-refractivity contribution in [3.63, 3.8) is 0 Å². The fourth-order valence-corrected chi connectivity index (χ4v) is 5.89. The van der Waals surface area contributed by atoms with Crippen LogP contribution in [0.2, 0.25) is 0 Å². The van der Waals surface area contributed by atoms with E-state index < -0.39 is 9.84 Å². The van der Waals surface area contributed by atoms with Gasteiger partial charge in [0, 0.05) is 17.3 Å². The molecule has 7 nitrogen and oxygen atoms in total. The van der Waals surface area contributed by atoms with Crippen LogP contribution in [0.1, 0.15) is 12.0 Å². The van der Waals surface area contributed by atoms with E-state index in [-0.39, 0.29) is 29.2 Å². The van der Waals surface area contributed by atoms with Crippen LogP contribution < -0.4 is 5.32 Å². The lowest BCUT2D eigenvalue weighted by molar-refractivity contribution is -0.119. The Morgan fingerprint density at radius 1 is 1.17 bits per heavy atom. The standard InChI is InChI=1S/C21H22N4O3S2/c1-15-6-5-7-16(12-15)20-23-24-21(25(20)18-8-3-2-4-9-18)29-13-19(26)22-17-10-11-30(27,28)14-17/h2-9,12,17H,10-11,13-14H2,1H3,(H,22,26)/t17-/m1/s1. The van der Waals surface area contributed by atoms with Gasteiger partial charge in [0.1, 0.15) is 0 Å². The number of benzene rings is 2. The van der Waals surface area contributed by atoms with Gasteiger partial charge < -0.3 is 5.32 Å². The van der Waals surface area contributed by atoms with Crippen LogP contribution in [-0.4, -0.2) is 52.4 Å². The van der Waals surface area contributed by atoms with Crippen molar-refractivity contribution in [2.45, 2.75) is 24.5 Å². The van der Waals surface area contributed by atoms with Crippen molar-refractivity contribution in [3.05, 3.63) is 60.2 Å². The van der Waals surface area contributed by atoms with E-state index in [1.54, 1.807) is 0 Å². The van der Waals surface area contributed by atoms with Crippen LogP contribution in [0.5, 0.6) is 0 Å². The number of carbonyl (C=O) groups is 1. The van der Waals surface area contributed by atoms with Gasteiger partial charge in [-0.05, 0) is 31.5 Å². The number of aromatic nitrogens is 3. The number of nitrogens with one attached hydrogen (secondary N) is 1. The van der Waals surface area contributed by atoms with Crippen molar-refractivity contribution >= 4 is 27.5 Å². The number of rotatable bonds is 6. The lowest BCUT2D eigenvalue weighted by atomic mass is 10.1. The van der Waals surface area contributed by atoms with Crippen LogP contribution in [-0.2, 0) is 14.6 Å². The molecule has 1 aliphatic rings.